The van der Waals surface area contributed by atoms with Crippen molar-refractivity contribution in [2.24, 2.45) is 0 Å². The van der Waals surface area contributed by atoms with Crippen LogP contribution >= 0.6 is 0 Å². The zero-order valence-corrected chi connectivity index (χ0v) is 14.1. The number of nitrogen functional groups attached to an aromatic ring is 1. The minimum Gasteiger partial charge on any atom is -0.492 e. The van der Waals surface area contributed by atoms with Crippen LogP contribution in [0, 0.1) is 0 Å². The summed E-state index contributed by atoms with van der Waals surface area (Å²) in [6.07, 6.45) is 0. The van der Waals surface area contributed by atoms with E-state index in [9.17, 15) is 4.79 Å². The predicted octanol–water partition coefficient (Wildman–Crippen LogP) is 2.23. The summed E-state index contributed by atoms with van der Waals surface area (Å²) in [5.41, 5.74) is 7.56. The molecule has 1 aliphatic rings. The van der Waals surface area contributed by atoms with Gasteiger partial charge in [-0.25, -0.2) is 0 Å². The number of hydrogen-bond acceptors (Lipinski definition) is 5. The van der Waals surface area contributed by atoms with E-state index in [0.717, 1.165) is 32.8 Å². The van der Waals surface area contributed by atoms with Crippen LogP contribution in [0.5, 0.6) is 5.75 Å². The van der Waals surface area contributed by atoms with Crippen molar-refractivity contribution in [3.8, 4) is 5.75 Å². The van der Waals surface area contributed by atoms with E-state index in [4.69, 9.17) is 15.2 Å². The average molecular weight is 341 g/mol. The molecule has 1 heterocycles. The van der Waals surface area contributed by atoms with Gasteiger partial charge in [0.2, 0.25) is 0 Å². The zero-order chi connectivity index (χ0) is 17.5. The van der Waals surface area contributed by atoms with Crippen LogP contribution in [0.15, 0.2) is 48.5 Å². The fourth-order valence-electron chi connectivity index (χ4n) is 2.66. The van der Waals surface area contributed by atoms with E-state index >= 15 is 0 Å². The molecule has 1 saturated heterocycles. The SMILES string of the molecule is Nc1cccc(NC(=O)c2cccc(OCCN3CCOCC3)c2)c1. The lowest BCUT2D eigenvalue weighted by Gasteiger charge is -2.26. The maximum atomic E-state index is 12.4. The van der Waals surface area contributed by atoms with Crippen molar-refractivity contribution < 1.29 is 14.3 Å². The molecule has 0 spiro atoms. The fraction of sp³-hybridized carbons (Fsp3) is 0.316. The topological polar surface area (TPSA) is 76.8 Å². The highest BCUT2D eigenvalue weighted by molar-refractivity contribution is 6.04. The number of hydrogen-bond donors (Lipinski definition) is 2. The molecule has 3 rings (SSSR count). The van der Waals surface area contributed by atoms with E-state index < -0.39 is 0 Å². The summed E-state index contributed by atoms with van der Waals surface area (Å²) in [4.78, 5) is 14.7. The largest absolute Gasteiger partial charge is 0.492 e. The number of nitrogens with zero attached hydrogens (tertiary/aromatic N) is 1. The number of morpholine rings is 1. The second-order valence-electron chi connectivity index (χ2n) is 5.91. The van der Waals surface area contributed by atoms with Gasteiger partial charge in [-0.05, 0) is 36.4 Å². The Labute approximate surface area is 147 Å². The highest BCUT2D eigenvalue weighted by atomic mass is 16.5. The van der Waals surface area contributed by atoms with Crippen molar-refractivity contribution in [3.05, 3.63) is 54.1 Å². The molecule has 6 heteroatoms. The van der Waals surface area contributed by atoms with Crippen LogP contribution in [0.2, 0.25) is 0 Å². The summed E-state index contributed by atoms with van der Waals surface area (Å²) in [5.74, 6) is 0.498. The van der Waals surface area contributed by atoms with E-state index in [0.29, 0.717) is 29.3 Å². The van der Waals surface area contributed by atoms with Crippen LogP contribution in [0.4, 0.5) is 11.4 Å². The molecule has 1 amide bonds. The molecule has 0 atom stereocenters. The molecule has 3 N–H and O–H groups in total. The van der Waals surface area contributed by atoms with E-state index in [1.165, 1.54) is 0 Å². The zero-order valence-electron chi connectivity index (χ0n) is 14.1. The van der Waals surface area contributed by atoms with Crippen molar-refractivity contribution in [2.75, 3.05) is 50.5 Å². The van der Waals surface area contributed by atoms with Gasteiger partial charge in [-0.1, -0.05) is 12.1 Å². The van der Waals surface area contributed by atoms with Gasteiger partial charge in [0.15, 0.2) is 0 Å². The summed E-state index contributed by atoms with van der Waals surface area (Å²) in [6, 6.07) is 14.3. The molecular formula is C19H23N3O3. The molecule has 0 bridgehead atoms. The first-order valence-electron chi connectivity index (χ1n) is 8.40. The maximum Gasteiger partial charge on any atom is 0.255 e. The summed E-state index contributed by atoms with van der Waals surface area (Å²) in [6.45, 7) is 4.86. The van der Waals surface area contributed by atoms with E-state index in [-0.39, 0.29) is 5.91 Å². The van der Waals surface area contributed by atoms with Crippen molar-refractivity contribution in [2.45, 2.75) is 0 Å². The molecule has 25 heavy (non-hydrogen) atoms. The number of carbonyl (C=O) groups excluding carboxylic acids is 1. The Hall–Kier alpha value is -2.57. The Kier molecular flexibility index (Phi) is 5.87. The third-order valence-corrected chi connectivity index (χ3v) is 4.02. The van der Waals surface area contributed by atoms with Crippen LogP contribution in [0.25, 0.3) is 0 Å². The first-order chi connectivity index (χ1) is 12.2. The minimum atomic E-state index is -0.191. The van der Waals surface area contributed by atoms with Gasteiger partial charge in [0.25, 0.3) is 5.91 Å². The number of benzene rings is 2. The number of nitrogens with one attached hydrogen (secondary N) is 1. The standard InChI is InChI=1S/C19H23N3O3/c20-16-4-2-5-17(14-16)21-19(23)15-3-1-6-18(13-15)25-12-9-22-7-10-24-11-8-22/h1-6,13-14H,7-12,20H2,(H,21,23). The van der Waals surface area contributed by atoms with Gasteiger partial charge in [-0.2, -0.15) is 0 Å². The first-order valence-corrected chi connectivity index (χ1v) is 8.40. The fourth-order valence-corrected chi connectivity index (χ4v) is 2.66. The van der Waals surface area contributed by atoms with Crippen LogP contribution < -0.4 is 15.8 Å². The van der Waals surface area contributed by atoms with E-state index in [2.05, 4.69) is 10.2 Å². The highest BCUT2D eigenvalue weighted by Gasteiger charge is 2.11. The molecule has 2 aromatic rings. The molecule has 6 nitrogen and oxygen atoms in total. The number of amides is 1. The lowest BCUT2D eigenvalue weighted by Crippen LogP contribution is -2.38. The second kappa shape index (κ2) is 8.50. The summed E-state index contributed by atoms with van der Waals surface area (Å²) < 4.78 is 11.1. The molecule has 0 aromatic heterocycles. The number of nitrogens with two attached hydrogens (primary N) is 1. The van der Waals surface area contributed by atoms with Crippen molar-refractivity contribution >= 4 is 17.3 Å². The molecule has 0 unspecified atom stereocenters. The van der Waals surface area contributed by atoms with Gasteiger partial charge in [0, 0.05) is 36.6 Å². The monoisotopic (exact) mass is 341 g/mol. The first kappa shape index (κ1) is 17.3. The molecule has 1 fully saturated rings. The lowest BCUT2D eigenvalue weighted by molar-refractivity contribution is 0.0322. The van der Waals surface area contributed by atoms with Crippen LogP contribution in [0.1, 0.15) is 10.4 Å². The Morgan fingerprint density at radius 1 is 1.16 bits per heavy atom. The molecule has 2 aromatic carbocycles. The molecule has 0 aliphatic carbocycles. The smallest absolute Gasteiger partial charge is 0.255 e. The number of anilines is 2. The maximum absolute atomic E-state index is 12.4. The van der Waals surface area contributed by atoms with Crippen LogP contribution in [-0.2, 0) is 4.74 Å². The van der Waals surface area contributed by atoms with Gasteiger partial charge >= 0.3 is 0 Å². The summed E-state index contributed by atoms with van der Waals surface area (Å²) >= 11 is 0. The molecule has 0 saturated carbocycles. The van der Waals surface area contributed by atoms with Crippen LogP contribution in [0.3, 0.4) is 0 Å². The quantitative estimate of drug-likeness (QED) is 0.788. The Morgan fingerprint density at radius 2 is 1.96 bits per heavy atom. The number of carbonyl (C=O) groups is 1. The normalized spacial score (nSPS) is 14.9. The minimum absolute atomic E-state index is 0.191. The predicted molar refractivity (Wildman–Crippen MR) is 98.0 cm³/mol. The third kappa shape index (κ3) is 5.20. The summed E-state index contributed by atoms with van der Waals surface area (Å²) in [7, 11) is 0. The molecule has 132 valence electrons. The Bertz CT molecular complexity index is 715. The van der Waals surface area contributed by atoms with Gasteiger partial charge in [0.05, 0.1) is 13.2 Å². The van der Waals surface area contributed by atoms with Gasteiger partial charge in [0.1, 0.15) is 12.4 Å². The van der Waals surface area contributed by atoms with Gasteiger partial charge < -0.3 is 20.5 Å². The number of ether oxygens (including phenoxy) is 2. The summed E-state index contributed by atoms with van der Waals surface area (Å²) in [5, 5.41) is 2.84. The molecule has 1 aliphatic heterocycles. The molecular weight excluding hydrogens is 318 g/mol. The van der Waals surface area contributed by atoms with Crippen molar-refractivity contribution in [3.63, 3.8) is 0 Å². The van der Waals surface area contributed by atoms with Crippen LogP contribution in [-0.4, -0.2) is 50.3 Å². The Balaban J connectivity index is 1.54. The highest BCUT2D eigenvalue weighted by Crippen LogP contribution is 2.17. The molecule has 0 radical (unpaired) electrons. The number of rotatable bonds is 6. The lowest BCUT2D eigenvalue weighted by atomic mass is 10.2. The Morgan fingerprint density at radius 3 is 2.76 bits per heavy atom. The van der Waals surface area contributed by atoms with Crippen molar-refractivity contribution in [1.82, 2.24) is 4.90 Å². The van der Waals surface area contributed by atoms with E-state index in [1.807, 2.05) is 12.1 Å². The van der Waals surface area contributed by atoms with Gasteiger partial charge in [-0.15, -0.1) is 0 Å². The van der Waals surface area contributed by atoms with Crippen molar-refractivity contribution in [1.29, 1.82) is 0 Å². The average Bonchev–Trinajstić information content (AvgIpc) is 2.63. The van der Waals surface area contributed by atoms with Gasteiger partial charge in [-0.3, -0.25) is 9.69 Å². The second-order valence-corrected chi connectivity index (χ2v) is 5.91. The van der Waals surface area contributed by atoms with E-state index in [1.54, 1.807) is 36.4 Å². The third-order valence-electron chi connectivity index (χ3n) is 4.02.